The quantitative estimate of drug-likeness (QED) is 0.927. The van der Waals surface area contributed by atoms with Crippen LogP contribution in [-0.2, 0) is 6.61 Å². The molecule has 100 valence electrons. The van der Waals surface area contributed by atoms with Crippen molar-refractivity contribution in [2.45, 2.75) is 19.6 Å². The summed E-state index contributed by atoms with van der Waals surface area (Å²) in [6.07, 6.45) is 2.57. The average Bonchev–Trinajstić information content (AvgIpc) is 2.38. The van der Waals surface area contributed by atoms with Crippen LogP contribution in [0.15, 0.2) is 36.7 Å². The van der Waals surface area contributed by atoms with E-state index in [0.29, 0.717) is 28.0 Å². The summed E-state index contributed by atoms with van der Waals surface area (Å²) in [5, 5.41) is 10.8. The van der Waals surface area contributed by atoms with E-state index >= 15 is 0 Å². The second-order valence-electron chi connectivity index (χ2n) is 4.11. The average molecular weight is 298 g/mol. The molecule has 3 nitrogen and oxygen atoms in total. The lowest BCUT2D eigenvalue weighted by molar-refractivity contribution is 0.190. The molecule has 5 heteroatoms. The molecule has 0 amide bonds. The van der Waals surface area contributed by atoms with Gasteiger partial charge in [0.15, 0.2) is 0 Å². The first-order chi connectivity index (χ1) is 9.08. The number of hydrogen-bond acceptors (Lipinski definition) is 3. The van der Waals surface area contributed by atoms with Gasteiger partial charge in [-0.05, 0) is 31.2 Å². The Bertz CT molecular complexity index is 573. The van der Waals surface area contributed by atoms with Gasteiger partial charge in [-0.3, -0.25) is 4.98 Å². The van der Waals surface area contributed by atoms with E-state index in [1.807, 2.05) is 0 Å². The minimum absolute atomic E-state index is 0.308. The minimum atomic E-state index is -0.651. The van der Waals surface area contributed by atoms with Crippen molar-refractivity contribution in [3.8, 4) is 5.75 Å². The maximum absolute atomic E-state index is 9.71. The molecule has 1 aromatic heterocycles. The second kappa shape index (κ2) is 6.24. The molecule has 0 fully saturated rings. The van der Waals surface area contributed by atoms with Gasteiger partial charge in [-0.25, -0.2) is 0 Å². The second-order valence-corrected chi connectivity index (χ2v) is 4.96. The molecule has 0 aliphatic rings. The predicted molar refractivity (Wildman–Crippen MR) is 75.7 cm³/mol. The van der Waals surface area contributed by atoms with E-state index in [2.05, 4.69) is 4.98 Å². The number of benzene rings is 1. The van der Waals surface area contributed by atoms with Crippen LogP contribution in [0, 0.1) is 0 Å². The van der Waals surface area contributed by atoms with Gasteiger partial charge in [0.2, 0.25) is 0 Å². The van der Waals surface area contributed by atoms with Crippen molar-refractivity contribution in [2.24, 2.45) is 0 Å². The lowest BCUT2D eigenvalue weighted by Crippen LogP contribution is -2.01. The fraction of sp³-hybridized carbons (Fsp3) is 0.214. The van der Waals surface area contributed by atoms with Crippen LogP contribution >= 0.6 is 23.2 Å². The van der Waals surface area contributed by atoms with Crippen LogP contribution in [0.5, 0.6) is 5.75 Å². The van der Waals surface area contributed by atoms with Crippen LogP contribution in [0.3, 0.4) is 0 Å². The van der Waals surface area contributed by atoms with Crippen LogP contribution in [0.25, 0.3) is 0 Å². The first-order valence-corrected chi connectivity index (χ1v) is 6.52. The Labute approximate surface area is 121 Å². The summed E-state index contributed by atoms with van der Waals surface area (Å²) in [7, 11) is 0. The third-order valence-electron chi connectivity index (χ3n) is 2.66. The molecule has 1 N–H and O–H groups in total. The molecular weight excluding hydrogens is 285 g/mol. The Morgan fingerprint density at radius 1 is 1.32 bits per heavy atom. The van der Waals surface area contributed by atoms with Crippen LogP contribution in [0.4, 0.5) is 0 Å². The first kappa shape index (κ1) is 14.1. The predicted octanol–water partition coefficient (Wildman–Crippen LogP) is 4.02. The van der Waals surface area contributed by atoms with Crippen molar-refractivity contribution in [1.29, 1.82) is 0 Å². The third-order valence-corrected chi connectivity index (χ3v) is 3.24. The van der Waals surface area contributed by atoms with Crippen LogP contribution < -0.4 is 4.74 Å². The van der Waals surface area contributed by atoms with Crippen molar-refractivity contribution < 1.29 is 9.84 Å². The van der Waals surface area contributed by atoms with Gasteiger partial charge < -0.3 is 9.84 Å². The number of nitrogens with zero attached hydrogens (tertiary/aromatic N) is 1. The van der Waals surface area contributed by atoms with E-state index in [1.54, 1.807) is 43.6 Å². The van der Waals surface area contributed by atoms with Crippen molar-refractivity contribution >= 4 is 23.2 Å². The zero-order chi connectivity index (χ0) is 13.8. The molecule has 19 heavy (non-hydrogen) atoms. The molecule has 0 saturated heterocycles. The number of ether oxygens (including phenoxy) is 1. The molecule has 0 aliphatic heterocycles. The summed E-state index contributed by atoms with van der Waals surface area (Å²) >= 11 is 11.9. The van der Waals surface area contributed by atoms with Gasteiger partial charge in [0.1, 0.15) is 12.4 Å². The summed E-state index contributed by atoms with van der Waals surface area (Å²) < 4.78 is 5.69. The van der Waals surface area contributed by atoms with Crippen molar-refractivity contribution in [3.63, 3.8) is 0 Å². The molecule has 0 aliphatic carbocycles. The van der Waals surface area contributed by atoms with Gasteiger partial charge in [0, 0.05) is 28.5 Å². The van der Waals surface area contributed by atoms with Crippen LogP contribution in [0.2, 0.25) is 10.0 Å². The topological polar surface area (TPSA) is 42.4 Å². The summed E-state index contributed by atoms with van der Waals surface area (Å²) in [5.74, 6) is 0.590. The highest BCUT2D eigenvalue weighted by Gasteiger charge is 2.10. The maximum Gasteiger partial charge on any atom is 0.125 e. The van der Waals surface area contributed by atoms with Crippen molar-refractivity contribution in [3.05, 3.63) is 57.8 Å². The maximum atomic E-state index is 9.71. The SMILES string of the molecule is CC(O)c1cc(Cl)ccc1OCc1ccncc1Cl. The number of aromatic nitrogens is 1. The van der Waals surface area contributed by atoms with Crippen molar-refractivity contribution in [2.75, 3.05) is 0 Å². The van der Waals surface area contributed by atoms with E-state index in [1.165, 1.54) is 0 Å². The third kappa shape index (κ3) is 3.60. The molecule has 2 aromatic rings. The number of aliphatic hydroxyl groups excluding tert-OH is 1. The summed E-state index contributed by atoms with van der Waals surface area (Å²) in [6, 6.07) is 6.94. The molecule has 0 spiro atoms. The lowest BCUT2D eigenvalue weighted by atomic mass is 10.1. The first-order valence-electron chi connectivity index (χ1n) is 5.76. The van der Waals surface area contributed by atoms with Gasteiger partial charge in [0.05, 0.1) is 11.1 Å². The van der Waals surface area contributed by atoms with Crippen LogP contribution in [0.1, 0.15) is 24.2 Å². The highest BCUT2D eigenvalue weighted by Crippen LogP contribution is 2.29. The number of halogens is 2. The Kier molecular flexibility index (Phi) is 4.64. The number of aliphatic hydroxyl groups is 1. The molecule has 1 unspecified atom stereocenters. The van der Waals surface area contributed by atoms with E-state index in [4.69, 9.17) is 27.9 Å². The molecule has 1 heterocycles. The van der Waals surface area contributed by atoms with Crippen LogP contribution in [-0.4, -0.2) is 10.1 Å². The zero-order valence-corrected chi connectivity index (χ0v) is 11.8. The molecule has 0 radical (unpaired) electrons. The molecule has 2 rings (SSSR count). The Hall–Kier alpha value is -1.29. The Morgan fingerprint density at radius 2 is 2.11 bits per heavy atom. The summed E-state index contributed by atoms with van der Waals surface area (Å²) in [5.41, 5.74) is 1.49. The molecule has 0 bridgehead atoms. The zero-order valence-electron chi connectivity index (χ0n) is 10.3. The Balaban J connectivity index is 2.18. The fourth-order valence-corrected chi connectivity index (χ4v) is 2.01. The van der Waals surface area contributed by atoms with E-state index in [0.717, 1.165) is 5.56 Å². The molecule has 0 saturated carbocycles. The van der Waals surface area contributed by atoms with Gasteiger partial charge in [-0.15, -0.1) is 0 Å². The molecule has 1 atom stereocenters. The molecule has 1 aromatic carbocycles. The van der Waals surface area contributed by atoms with E-state index < -0.39 is 6.10 Å². The normalized spacial score (nSPS) is 12.2. The summed E-state index contributed by atoms with van der Waals surface area (Å²) in [6.45, 7) is 1.97. The standard InChI is InChI=1S/C14H13Cl2NO2/c1-9(18)12-6-11(15)2-3-14(12)19-8-10-4-5-17-7-13(10)16/h2-7,9,18H,8H2,1H3. The lowest BCUT2D eigenvalue weighted by Gasteiger charge is -2.14. The monoisotopic (exact) mass is 297 g/mol. The number of rotatable bonds is 4. The smallest absolute Gasteiger partial charge is 0.125 e. The number of pyridine rings is 1. The highest BCUT2D eigenvalue weighted by atomic mass is 35.5. The highest BCUT2D eigenvalue weighted by molar-refractivity contribution is 6.31. The van der Waals surface area contributed by atoms with Gasteiger partial charge >= 0.3 is 0 Å². The van der Waals surface area contributed by atoms with Gasteiger partial charge in [-0.2, -0.15) is 0 Å². The van der Waals surface area contributed by atoms with Gasteiger partial charge in [-0.1, -0.05) is 23.2 Å². The van der Waals surface area contributed by atoms with E-state index in [9.17, 15) is 5.11 Å². The Morgan fingerprint density at radius 3 is 2.79 bits per heavy atom. The number of hydrogen-bond donors (Lipinski definition) is 1. The largest absolute Gasteiger partial charge is 0.488 e. The minimum Gasteiger partial charge on any atom is -0.488 e. The fourth-order valence-electron chi connectivity index (χ4n) is 1.65. The summed E-state index contributed by atoms with van der Waals surface area (Å²) in [4.78, 5) is 3.91. The molecular formula is C14H13Cl2NO2. The van der Waals surface area contributed by atoms with E-state index in [-0.39, 0.29) is 0 Å². The van der Waals surface area contributed by atoms with Gasteiger partial charge in [0.25, 0.3) is 0 Å². The van der Waals surface area contributed by atoms with Crippen molar-refractivity contribution in [1.82, 2.24) is 4.98 Å².